The van der Waals surface area contributed by atoms with E-state index in [0.717, 1.165) is 18.9 Å². The van der Waals surface area contributed by atoms with Gasteiger partial charge in [-0.1, -0.05) is 6.07 Å². The number of aldehydes is 1. The highest BCUT2D eigenvalue weighted by molar-refractivity contribution is 5.99. The fourth-order valence-corrected chi connectivity index (χ4v) is 5.02. The van der Waals surface area contributed by atoms with Crippen LogP contribution in [0, 0.1) is 18.2 Å². The van der Waals surface area contributed by atoms with Crippen LogP contribution in [0.25, 0.3) is 10.9 Å². The number of hydrogen-bond donors (Lipinski definition) is 1. The number of halogens is 1. The number of rotatable bonds is 6. The topological polar surface area (TPSA) is 98.6 Å². The summed E-state index contributed by atoms with van der Waals surface area (Å²) in [5.74, 6) is 0.351. The highest BCUT2D eigenvalue weighted by atomic mass is 19.1. The molecule has 0 bridgehead atoms. The molecular weight excluding hydrogens is 537 g/mol. The molecule has 10 heteroatoms. The van der Waals surface area contributed by atoms with E-state index < -0.39 is 5.82 Å². The van der Waals surface area contributed by atoms with Gasteiger partial charge in [-0.3, -0.25) is 14.5 Å². The standard InChI is InChI=1S/C24H21FN2O4.C8H15N3/c1-15-20(5-3-16(7-9-28)22(15)25)31-21-6-8-26-19-4-2-17(10-18(19)21)23(29)27-11-24(12-27)13-30-14-24;1-8(2,3)11-6-7(9-4)5-10-11/h2-6,8-10H,7,11-14H2,1H3;5-6,9H,1-4H3. The molecule has 0 saturated carbocycles. The molecule has 2 saturated heterocycles. The SMILES string of the molecule is CNc1cnn(C(C)(C)C)c1.Cc1c(Oc2ccnc3ccc(C(=O)N4CC5(COC5)C4)cc23)ccc(CC=O)c1F. The normalized spacial score (nSPS) is 15.3. The van der Waals surface area contributed by atoms with Gasteiger partial charge < -0.3 is 24.5 Å². The molecule has 0 atom stereocenters. The summed E-state index contributed by atoms with van der Waals surface area (Å²) in [6, 6.07) is 10.2. The largest absolute Gasteiger partial charge is 0.456 e. The van der Waals surface area contributed by atoms with Crippen molar-refractivity contribution in [3.05, 3.63) is 77.5 Å². The number of carbonyl (C=O) groups excluding carboxylic acids is 2. The van der Waals surface area contributed by atoms with E-state index in [1.807, 2.05) is 29.0 Å². The Morgan fingerprint density at radius 3 is 2.52 bits per heavy atom. The summed E-state index contributed by atoms with van der Waals surface area (Å²) in [5.41, 5.74) is 3.18. The molecule has 9 nitrogen and oxygen atoms in total. The Labute approximate surface area is 244 Å². The quantitative estimate of drug-likeness (QED) is 0.310. The van der Waals surface area contributed by atoms with Crippen molar-refractivity contribution >= 4 is 28.8 Å². The molecule has 4 heterocycles. The molecule has 220 valence electrons. The molecule has 42 heavy (non-hydrogen) atoms. The first-order valence-corrected chi connectivity index (χ1v) is 13.9. The Balaban J connectivity index is 0.000000271. The van der Waals surface area contributed by atoms with Crippen LogP contribution in [0.2, 0.25) is 0 Å². The van der Waals surface area contributed by atoms with Gasteiger partial charge in [-0.15, -0.1) is 0 Å². The molecule has 0 radical (unpaired) electrons. The van der Waals surface area contributed by atoms with Gasteiger partial charge in [0, 0.05) is 55.5 Å². The van der Waals surface area contributed by atoms with Crippen LogP contribution in [0.4, 0.5) is 10.1 Å². The monoisotopic (exact) mass is 573 g/mol. The maximum Gasteiger partial charge on any atom is 0.253 e. The summed E-state index contributed by atoms with van der Waals surface area (Å²) in [4.78, 5) is 29.8. The minimum Gasteiger partial charge on any atom is -0.456 e. The zero-order chi connectivity index (χ0) is 30.1. The molecule has 1 amide bonds. The van der Waals surface area contributed by atoms with Gasteiger partial charge in [0.15, 0.2) is 0 Å². The van der Waals surface area contributed by atoms with Crippen LogP contribution < -0.4 is 10.1 Å². The second kappa shape index (κ2) is 11.5. The summed E-state index contributed by atoms with van der Waals surface area (Å²) in [6.45, 7) is 10.9. The third-order valence-electron chi connectivity index (χ3n) is 7.60. The van der Waals surface area contributed by atoms with Crippen molar-refractivity contribution in [1.29, 1.82) is 0 Å². The zero-order valence-corrected chi connectivity index (χ0v) is 24.6. The van der Waals surface area contributed by atoms with Gasteiger partial charge in [0.25, 0.3) is 5.91 Å². The molecule has 2 aromatic carbocycles. The first-order chi connectivity index (χ1) is 20.0. The number of benzene rings is 2. The van der Waals surface area contributed by atoms with E-state index in [1.165, 1.54) is 0 Å². The number of amides is 1. The summed E-state index contributed by atoms with van der Waals surface area (Å²) in [5, 5.41) is 7.92. The second-order valence-electron chi connectivity index (χ2n) is 11.9. The molecule has 2 aliphatic heterocycles. The lowest BCUT2D eigenvalue weighted by molar-refractivity contribution is -0.176. The molecule has 4 aromatic rings. The minimum absolute atomic E-state index is 0.0144. The summed E-state index contributed by atoms with van der Waals surface area (Å²) in [6.07, 6.45) is 6.12. The number of likely N-dealkylation sites (tertiary alicyclic amines) is 1. The van der Waals surface area contributed by atoms with E-state index in [-0.39, 0.29) is 23.3 Å². The maximum atomic E-state index is 14.6. The van der Waals surface area contributed by atoms with Crippen LogP contribution in [-0.4, -0.2) is 65.2 Å². The van der Waals surface area contributed by atoms with Crippen molar-refractivity contribution in [3.63, 3.8) is 0 Å². The molecule has 2 fully saturated rings. The third kappa shape index (κ3) is 5.85. The lowest BCUT2D eigenvalue weighted by Crippen LogP contribution is -2.67. The average Bonchev–Trinajstić information content (AvgIpc) is 3.42. The summed E-state index contributed by atoms with van der Waals surface area (Å²) < 4.78 is 27.8. The van der Waals surface area contributed by atoms with Crippen LogP contribution in [0.1, 0.15) is 42.3 Å². The van der Waals surface area contributed by atoms with Crippen molar-refractivity contribution in [2.75, 3.05) is 38.7 Å². The smallest absolute Gasteiger partial charge is 0.253 e. The van der Waals surface area contributed by atoms with E-state index in [1.54, 1.807) is 49.5 Å². The summed E-state index contributed by atoms with van der Waals surface area (Å²) >= 11 is 0. The van der Waals surface area contributed by atoms with Crippen LogP contribution in [0.15, 0.2) is 55.0 Å². The molecule has 2 aliphatic rings. The number of nitrogens with zero attached hydrogens (tertiary/aromatic N) is 4. The summed E-state index contributed by atoms with van der Waals surface area (Å²) in [7, 11) is 1.89. The molecule has 0 aliphatic carbocycles. The van der Waals surface area contributed by atoms with E-state index in [4.69, 9.17) is 9.47 Å². The molecule has 6 rings (SSSR count). The van der Waals surface area contributed by atoms with Gasteiger partial charge in [0.2, 0.25) is 0 Å². The number of aromatic nitrogens is 3. The predicted octanol–water partition coefficient (Wildman–Crippen LogP) is 5.37. The van der Waals surface area contributed by atoms with Crippen LogP contribution >= 0.6 is 0 Å². The van der Waals surface area contributed by atoms with Crippen molar-refractivity contribution in [1.82, 2.24) is 19.7 Å². The predicted molar refractivity (Wildman–Crippen MR) is 159 cm³/mol. The number of hydrogen-bond acceptors (Lipinski definition) is 7. The number of ether oxygens (including phenoxy) is 2. The van der Waals surface area contributed by atoms with Gasteiger partial charge in [0.1, 0.15) is 23.6 Å². The van der Waals surface area contributed by atoms with E-state index >= 15 is 0 Å². The third-order valence-corrected chi connectivity index (χ3v) is 7.60. The van der Waals surface area contributed by atoms with Gasteiger partial charge in [-0.25, -0.2) is 4.39 Å². The van der Waals surface area contributed by atoms with Gasteiger partial charge in [-0.05, 0) is 63.6 Å². The number of carbonyl (C=O) groups is 2. The molecule has 2 aromatic heterocycles. The first-order valence-electron chi connectivity index (χ1n) is 13.9. The molecule has 1 spiro atoms. The minimum atomic E-state index is -0.453. The lowest BCUT2D eigenvalue weighted by Gasteiger charge is -2.54. The van der Waals surface area contributed by atoms with Crippen molar-refractivity contribution in [2.45, 2.75) is 39.7 Å². The fraction of sp³-hybridized carbons (Fsp3) is 0.375. The first kappa shape index (κ1) is 29.2. The zero-order valence-electron chi connectivity index (χ0n) is 24.6. The molecule has 0 unspecified atom stereocenters. The highest BCUT2D eigenvalue weighted by Crippen LogP contribution is 2.39. The highest BCUT2D eigenvalue weighted by Gasteiger charge is 2.50. The number of fused-ring (bicyclic) bond motifs is 1. The fourth-order valence-electron chi connectivity index (χ4n) is 5.02. The number of anilines is 1. The van der Waals surface area contributed by atoms with Crippen molar-refractivity contribution in [2.24, 2.45) is 5.41 Å². The number of nitrogens with one attached hydrogen (secondary N) is 1. The van der Waals surface area contributed by atoms with Gasteiger partial charge >= 0.3 is 0 Å². The Morgan fingerprint density at radius 1 is 1.17 bits per heavy atom. The second-order valence-corrected chi connectivity index (χ2v) is 11.9. The number of pyridine rings is 1. The van der Waals surface area contributed by atoms with E-state index in [2.05, 4.69) is 36.2 Å². The van der Waals surface area contributed by atoms with Crippen LogP contribution in [0.5, 0.6) is 11.5 Å². The van der Waals surface area contributed by atoms with Gasteiger partial charge in [-0.2, -0.15) is 5.10 Å². The van der Waals surface area contributed by atoms with Crippen molar-refractivity contribution < 1.29 is 23.5 Å². The Hall–Kier alpha value is -4.31. The Bertz CT molecular complexity index is 1620. The van der Waals surface area contributed by atoms with Crippen LogP contribution in [0.3, 0.4) is 0 Å². The lowest BCUT2D eigenvalue weighted by atomic mass is 9.78. The maximum absolute atomic E-state index is 14.6. The van der Waals surface area contributed by atoms with E-state index in [9.17, 15) is 14.0 Å². The molecule has 1 N–H and O–H groups in total. The van der Waals surface area contributed by atoms with E-state index in [0.29, 0.717) is 58.5 Å². The Morgan fingerprint density at radius 2 is 1.93 bits per heavy atom. The Kier molecular flexibility index (Phi) is 8.01. The average molecular weight is 574 g/mol. The van der Waals surface area contributed by atoms with Gasteiger partial charge in [0.05, 0.1) is 41.6 Å². The van der Waals surface area contributed by atoms with Crippen LogP contribution in [-0.2, 0) is 21.5 Å². The van der Waals surface area contributed by atoms with Crippen molar-refractivity contribution in [3.8, 4) is 11.5 Å². The molecular formula is C32H36FN5O4.